The molecular weight excluding hydrogens is 314 g/mol. The average molecular weight is 350 g/mol. The zero-order valence-electron chi connectivity index (χ0n) is 15.7. The van der Waals surface area contributed by atoms with E-state index in [0.29, 0.717) is 6.61 Å². The van der Waals surface area contributed by atoms with Crippen molar-refractivity contribution in [2.45, 2.75) is 70.3 Å². The molecule has 0 saturated carbocycles. The third-order valence-corrected chi connectivity index (χ3v) is 5.54. The normalized spacial score (nSPS) is 17.7. The van der Waals surface area contributed by atoms with E-state index < -0.39 is 5.54 Å². The van der Waals surface area contributed by atoms with Gasteiger partial charge in [-0.2, -0.15) is 0 Å². The Labute approximate surface area is 152 Å². The van der Waals surface area contributed by atoms with Gasteiger partial charge in [-0.1, -0.05) is 51.2 Å². The second kappa shape index (κ2) is 10.1. The van der Waals surface area contributed by atoms with Crippen LogP contribution in [0.3, 0.4) is 0 Å². The maximum absolute atomic E-state index is 9.57. The van der Waals surface area contributed by atoms with Crippen LogP contribution in [0.5, 0.6) is 5.75 Å². The van der Waals surface area contributed by atoms with Crippen molar-refractivity contribution in [3.63, 3.8) is 0 Å². The lowest BCUT2D eigenvalue weighted by molar-refractivity contribution is 0.0682. The third-order valence-electron chi connectivity index (χ3n) is 5.54. The SMILES string of the molecule is CCCCCCCCc1ccc2c(c1)OCCC(C(N)(CO)CO)C2. The molecular formula is C21H35NO3. The summed E-state index contributed by atoms with van der Waals surface area (Å²) in [5, 5.41) is 19.1. The molecule has 4 N–H and O–H groups in total. The summed E-state index contributed by atoms with van der Waals surface area (Å²) in [5.74, 6) is 0.970. The zero-order valence-corrected chi connectivity index (χ0v) is 15.7. The van der Waals surface area contributed by atoms with Crippen LogP contribution in [0, 0.1) is 5.92 Å². The number of aliphatic hydroxyl groups excluding tert-OH is 2. The molecule has 1 aromatic carbocycles. The summed E-state index contributed by atoms with van der Waals surface area (Å²) in [7, 11) is 0. The Morgan fingerprint density at radius 2 is 1.84 bits per heavy atom. The van der Waals surface area contributed by atoms with Crippen molar-refractivity contribution in [1.29, 1.82) is 0 Å². The van der Waals surface area contributed by atoms with Crippen LogP contribution in [-0.4, -0.2) is 35.6 Å². The average Bonchev–Trinajstić information content (AvgIpc) is 2.86. The first-order valence-corrected chi connectivity index (χ1v) is 9.88. The fourth-order valence-electron chi connectivity index (χ4n) is 3.64. The number of hydrogen-bond acceptors (Lipinski definition) is 4. The van der Waals surface area contributed by atoms with Crippen LogP contribution in [0.2, 0.25) is 0 Å². The van der Waals surface area contributed by atoms with E-state index >= 15 is 0 Å². The predicted molar refractivity (Wildman–Crippen MR) is 102 cm³/mol. The van der Waals surface area contributed by atoms with Crippen LogP contribution >= 0.6 is 0 Å². The molecule has 4 nitrogen and oxygen atoms in total. The number of unbranched alkanes of at least 4 members (excludes halogenated alkanes) is 5. The second-order valence-electron chi connectivity index (χ2n) is 7.55. The molecule has 142 valence electrons. The number of rotatable bonds is 10. The molecule has 1 atom stereocenters. The van der Waals surface area contributed by atoms with E-state index in [1.165, 1.54) is 44.1 Å². The van der Waals surface area contributed by atoms with Crippen molar-refractivity contribution in [3.05, 3.63) is 29.3 Å². The first-order valence-electron chi connectivity index (χ1n) is 9.88. The molecule has 0 aromatic heterocycles. The van der Waals surface area contributed by atoms with Crippen molar-refractivity contribution in [2.24, 2.45) is 11.7 Å². The number of hydrogen-bond donors (Lipinski definition) is 3. The Kier molecular flexibility index (Phi) is 8.20. The minimum Gasteiger partial charge on any atom is -0.493 e. The standard InChI is InChI=1S/C21H35NO3/c1-2-3-4-5-6-7-8-17-9-10-18-14-19(21(22,15-23)16-24)11-12-25-20(18)13-17/h9-10,13,19,23-24H,2-8,11-12,14-16,22H2,1H3. The molecule has 0 spiro atoms. The van der Waals surface area contributed by atoms with Crippen LogP contribution in [0.25, 0.3) is 0 Å². The van der Waals surface area contributed by atoms with Crippen molar-refractivity contribution >= 4 is 0 Å². The largest absolute Gasteiger partial charge is 0.493 e. The summed E-state index contributed by atoms with van der Waals surface area (Å²) in [6.07, 6.45) is 10.4. The Morgan fingerprint density at radius 1 is 1.12 bits per heavy atom. The number of ether oxygens (including phenoxy) is 1. The monoisotopic (exact) mass is 349 g/mol. The van der Waals surface area contributed by atoms with Crippen molar-refractivity contribution in [2.75, 3.05) is 19.8 Å². The van der Waals surface area contributed by atoms with Gasteiger partial charge in [-0.15, -0.1) is 0 Å². The maximum Gasteiger partial charge on any atom is 0.122 e. The Hall–Kier alpha value is -1.10. The van der Waals surface area contributed by atoms with Gasteiger partial charge < -0.3 is 20.7 Å². The molecule has 1 heterocycles. The number of aryl methyl sites for hydroxylation is 1. The number of fused-ring (bicyclic) bond motifs is 1. The number of benzene rings is 1. The van der Waals surface area contributed by atoms with Crippen molar-refractivity contribution in [1.82, 2.24) is 0 Å². The molecule has 25 heavy (non-hydrogen) atoms. The van der Waals surface area contributed by atoms with Gasteiger partial charge in [0.05, 0.1) is 25.4 Å². The molecule has 1 unspecified atom stereocenters. The summed E-state index contributed by atoms with van der Waals surface area (Å²) >= 11 is 0. The smallest absolute Gasteiger partial charge is 0.122 e. The first-order chi connectivity index (χ1) is 12.1. The maximum atomic E-state index is 9.57. The highest BCUT2D eigenvalue weighted by Crippen LogP contribution is 2.32. The fourth-order valence-corrected chi connectivity index (χ4v) is 3.64. The Balaban J connectivity index is 1.93. The molecule has 1 aliphatic heterocycles. The van der Waals surface area contributed by atoms with E-state index in [1.807, 2.05) is 0 Å². The first kappa shape index (κ1) is 20.2. The van der Waals surface area contributed by atoms with Crippen LogP contribution < -0.4 is 10.5 Å². The van der Waals surface area contributed by atoms with Gasteiger partial charge in [0.25, 0.3) is 0 Å². The summed E-state index contributed by atoms with van der Waals surface area (Å²) in [5.41, 5.74) is 7.71. The molecule has 1 aromatic rings. The number of aliphatic hydroxyl groups is 2. The van der Waals surface area contributed by atoms with E-state index in [0.717, 1.165) is 30.6 Å². The minimum absolute atomic E-state index is 0.0214. The molecule has 0 radical (unpaired) electrons. The van der Waals surface area contributed by atoms with Gasteiger partial charge in [0, 0.05) is 0 Å². The van der Waals surface area contributed by atoms with E-state index in [9.17, 15) is 10.2 Å². The van der Waals surface area contributed by atoms with Crippen molar-refractivity contribution < 1.29 is 14.9 Å². The van der Waals surface area contributed by atoms with Gasteiger partial charge in [0.1, 0.15) is 5.75 Å². The molecule has 4 heteroatoms. The Bertz CT molecular complexity index is 514. The van der Waals surface area contributed by atoms with E-state index in [1.54, 1.807) is 0 Å². The van der Waals surface area contributed by atoms with Crippen molar-refractivity contribution in [3.8, 4) is 5.75 Å². The summed E-state index contributed by atoms with van der Waals surface area (Å²) in [4.78, 5) is 0. The van der Waals surface area contributed by atoms with Gasteiger partial charge in [0.2, 0.25) is 0 Å². The van der Waals surface area contributed by atoms with E-state index in [-0.39, 0.29) is 19.1 Å². The highest BCUT2D eigenvalue weighted by molar-refractivity contribution is 5.39. The summed E-state index contributed by atoms with van der Waals surface area (Å²) < 4.78 is 5.94. The lowest BCUT2D eigenvalue weighted by Crippen LogP contribution is -2.54. The van der Waals surface area contributed by atoms with Crippen LogP contribution in [0.4, 0.5) is 0 Å². The van der Waals surface area contributed by atoms with E-state index in [2.05, 4.69) is 25.1 Å². The summed E-state index contributed by atoms with van der Waals surface area (Å²) in [6.45, 7) is 2.41. The van der Waals surface area contributed by atoms with Gasteiger partial charge in [-0.3, -0.25) is 0 Å². The zero-order chi connectivity index (χ0) is 18.1. The molecule has 2 rings (SSSR count). The highest BCUT2D eigenvalue weighted by Gasteiger charge is 2.35. The second-order valence-corrected chi connectivity index (χ2v) is 7.55. The van der Waals surface area contributed by atoms with Crippen LogP contribution in [-0.2, 0) is 12.8 Å². The lowest BCUT2D eigenvalue weighted by atomic mass is 9.80. The molecule has 0 fully saturated rings. The topological polar surface area (TPSA) is 75.7 Å². The van der Waals surface area contributed by atoms with Crippen LogP contribution in [0.15, 0.2) is 18.2 Å². The predicted octanol–water partition coefficient (Wildman–Crippen LogP) is 3.21. The van der Waals surface area contributed by atoms with Crippen LogP contribution in [0.1, 0.15) is 63.0 Å². The molecule has 0 aliphatic carbocycles. The van der Waals surface area contributed by atoms with Gasteiger partial charge in [-0.25, -0.2) is 0 Å². The molecule has 0 saturated heterocycles. The van der Waals surface area contributed by atoms with Gasteiger partial charge in [0.15, 0.2) is 0 Å². The molecule has 0 amide bonds. The Morgan fingerprint density at radius 3 is 2.56 bits per heavy atom. The molecule has 1 aliphatic rings. The highest BCUT2D eigenvalue weighted by atomic mass is 16.5. The minimum atomic E-state index is -0.942. The van der Waals surface area contributed by atoms with Gasteiger partial charge in [-0.05, 0) is 48.8 Å². The lowest BCUT2D eigenvalue weighted by Gasteiger charge is -2.33. The van der Waals surface area contributed by atoms with Gasteiger partial charge >= 0.3 is 0 Å². The quantitative estimate of drug-likeness (QED) is 0.567. The summed E-state index contributed by atoms with van der Waals surface area (Å²) in [6, 6.07) is 6.49. The number of nitrogens with two attached hydrogens (primary N) is 1. The fraction of sp³-hybridized carbons (Fsp3) is 0.714. The van der Waals surface area contributed by atoms with E-state index in [4.69, 9.17) is 10.5 Å². The third kappa shape index (κ3) is 5.70. The molecule has 0 bridgehead atoms.